The Morgan fingerprint density at radius 2 is 1.73 bits per heavy atom. The van der Waals surface area contributed by atoms with Gasteiger partial charge >= 0.3 is 0 Å². The second kappa shape index (κ2) is 12.3. The lowest BCUT2D eigenvalue weighted by Gasteiger charge is -2.09. The number of ether oxygens (including phenoxy) is 1. The van der Waals surface area contributed by atoms with E-state index >= 15 is 0 Å². The van der Waals surface area contributed by atoms with Gasteiger partial charge in [-0.3, -0.25) is 9.59 Å². The molecule has 0 N–H and O–H groups in total. The Bertz CT molecular complexity index is 1050. The summed E-state index contributed by atoms with van der Waals surface area (Å²) in [7, 11) is 0. The quantitative estimate of drug-likeness (QED) is 0.334. The molecule has 0 saturated carbocycles. The molecule has 0 fully saturated rings. The molecule has 0 unspecified atom stereocenters. The van der Waals surface area contributed by atoms with Crippen LogP contribution in [0.4, 0.5) is 0 Å². The number of ketones is 2. The van der Waals surface area contributed by atoms with Crippen LogP contribution in [0, 0.1) is 0 Å². The van der Waals surface area contributed by atoms with Crippen molar-refractivity contribution in [2.45, 2.75) is 57.7 Å². The van der Waals surface area contributed by atoms with E-state index < -0.39 is 0 Å². The first kappa shape index (κ1) is 24.7. The highest BCUT2D eigenvalue weighted by atomic mass is 32.2. The second-order valence-electron chi connectivity index (χ2n) is 8.18. The molecule has 7 heteroatoms. The van der Waals surface area contributed by atoms with Crippen LogP contribution in [0.2, 0.25) is 0 Å². The summed E-state index contributed by atoms with van der Waals surface area (Å²) in [6, 6.07) is 17.6. The number of hydrogen-bond acceptors (Lipinski definition) is 6. The van der Waals surface area contributed by atoms with Crippen molar-refractivity contribution in [3.8, 4) is 5.75 Å². The lowest BCUT2D eigenvalue weighted by Crippen LogP contribution is -2.14. The van der Waals surface area contributed by atoms with E-state index in [-0.39, 0.29) is 18.2 Å². The van der Waals surface area contributed by atoms with Gasteiger partial charge in [-0.2, -0.15) is 0 Å². The van der Waals surface area contributed by atoms with Crippen LogP contribution in [-0.4, -0.2) is 38.7 Å². The van der Waals surface area contributed by atoms with Gasteiger partial charge in [0.1, 0.15) is 24.0 Å². The maximum absolute atomic E-state index is 12.3. The summed E-state index contributed by atoms with van der Waals surface area (Å²) in [5.41, 5.74) is 2.25. The fourth-order valence-corrected chi connectivity index (χ4v) is 4.27. The average Bonchev–Trinajstić information content (AvgIpc) is 3.22. The van der Waals surface area contributed by atoms with Crippen molar-refractivity contribution >= 4 is 23.3 Å². The van der Waals surface area contributed by atoms with Gasteiger partial charge in [0.15, 0.2) is 10.9 Å². The normalized spacial score (nSPS) is 11.0. The van der Waals surface area contributed by atoms with Gasteiger partial charge in [-0.15, -0.1) is 10.2 Å². The van der Waals surface area contributed by atoms with Gasteiger partial charge in [0.25, 0.3) is 0 Å². The number of aryl methyl sites for hydroxylation is 1. The van der Waals surface area contributed by atoms with Crippen LogP contribution < -0.4 is 4.74 Å². The van der Waals surface area contributed by atoms with E-state index in [0.29, 0.717) is 48.4 Å². The Balaban J connectivity index is 1.46. The Morgan fingerprint density at radius 1 is 1.00 bits per heavy atom. The van der Waals surface area contributed by atoms with Crippen molar-refractivity contribution in [1.29, 1.82) is 0 Å². The van der Waals surface area contributed by atoms with Gasteiger partial charge in [0.2, 0.25) is 0 Å². The zero-order valence-corrected chi connectivity index (χ0v) is 20.3. The first-order valence-electron chi connectivity index (χ1n) is 11.3. The van der Waals surface area contributed by atoms with Crippen LogP contribution in [0.1, 0.15) is 50.1 Å². The molecule has 0 aliphatic carbocycles. The SMILES string of the molecule is CCn1c(CCC(=O)COc2ccc(C(C)C)cc2)nnc1SCC(=O)Cc1ccccc1. The molecular formula is C26H31N3O3S. The second-order valence-corrected chi connectivity index (χ2v) is 9.13. The van der Waals surface area contributed by atoms with Crippen molar-refractivity contribution in [1.82, 2.24) is 14.8 Å². The molecule has 6 nitrogen and oxygen atoms in total. The van der Waals surface area contributed by atoms with Gasteiger partial charge in [-0.05, 0) is 36.1 Å². The molecule has 0 aliphatic rings. The molecule has 0 aliphatic heterocycles. The third kappa shape index (κ3) is 7.56. The third-order valence-corrected chi connectivity index (χ3v) is 6.32. The topological polar surface area (TPSA) is 74.1 Å². The Labute approximate surface area is 199 Å². The molecule has 2 aromatic carbocycles. The highest BCUT2D eigenvalue weighted by molar-refractivity contribution is 7.99. The van der Waals surface area contributed by atoms with E-state index in [1.54, 1.807) is 0 Å². The first-order chi connectivity index (χ1) is 16.0. The summed E-state index contributed by atoms with van der Waals surface area (Å²) in [5, 5.41) is 9.21. The van der Waals surface area contributed by atoms with E-state index in [2.05, 4.69) is 24.0 Å². The van der Waals surface area contributed by atoms with Crippen molar-refractivity contribution in [2.24, 2.45) is 0 Å². The summed E-state index contributed by atoms with van der Waals surface area (Å²) < 4.78 is 7.60. The molecule has 3 aromatic rings. The minimum absolute atomic E-state index is 0.0147. The molecule has 0 bridgehead atoms. The van der Waals surface area contributed by atoms with Crippen LogP contribution in [0.5, 0.6) is 5.75 Å². The largest absolute Gasteiger partial charge is 0.486 e. The third-order valence-electron chi connectivity index (χ3n) is 5.29. The summed E-state index contributed by atoms with van der Waals surface area (Å²) in [5.74, 6) is 2.41. The molecule has 174 valence electrons. The zero-order chi connectivity index (χ0) is 23.6. The minimum Gasteiger partial charge on any atom is -0.486 e. The van der Waals surface area contributed by atoms with Crippen LogP contribution in [0.3, 0.4) is 0 Å². The molecule has 33 heavy (non-hydrogen) atoms. The smallest absolute Gasteiger partial charge is 0.191 e. The molecule has 1 aromatic heterocycles. The maximum atomic E-state index is 12.3. The highest BCUT2D eigenvalue weighted by Gasteiger charge is 2.15. The predicted octanol–water partition coefficient (Wildman–Crippen LogP) is 4.91. The number of carbonyl (C=O) groups is 2. The van der Waals surface area contributed by atoms with Crippen molar-refractivity contribution in [3.05, 3.63) is 71.5 Å². The van der Waals surface area contributed by atoms with Crippen molar-refractivity contribution < 1.29 is 14.3 Å². The molecule has 0 spiro atoms. The Kier molecular flexibility index (Phi) is 9.24. The van der Waals surface area contributed by atoms with E-state index in [1.165, 1.54) is 17.3 Å². The van der Waals surface area contributed by atoms with Crippen LogP contribution in [0.25, 0.3) is 0 Å². The lowest BCUT2D eigenvalue weighted by molar-refractivity contribution is -0.121. The van der Waals surface area contributed by atoms with Crippen LogP contribution in [0.15, 0.2) is 59.8 Å². The number of rotatable bonds is 13. The average molecular weight is 466 g/mol. The fraction of sp³-hybridized carbons (Fsp3) is 0.385. The summed E-state index contributed by atoms with van der Waals surface area (Å²) >= 11 is 1.39. The van der Waals surface area contributed by atoms with Gasteiger partial charge in [-0.1, -0.05) is 68.1 Å². The monoisotopic (exact) mass is 465 g/mol. The number of hydrogen-bond donors (Lipinski definition) is 0. The number of carbonyl (C=O) groups excluding carboxylic acids is 2. The summed E-state index contributed by atoms with van der Waals surface area (Å²) in [6.07, 6.45) is 1.24. The van der Waals surface area contributed by atoms with Gasteiger partial charge in [0.05, 0.1) is 5.75 Å². The minimum atomic E-state index is 0.0147. The van der Waals surface area contributed by atoms with Gasteiger partial charge in [-0.25, -0.2) is 0 Å². The predicted molar refractivity (Wildman–Crippen MR) is 131 cm³/mol. The van der Waals surface area contributed by atoms with E-state index in [0.717, 1.165) is 11.4 Å². The van der Waals surface area contributed by atoms with Crippen LogP contribution >= 0.6 is 11.8 Å². The lowest BCUT2D eigenvalue weighted by atomic mass is 10.0. The molecule has 0 amide bonds. The van der Waals surface area contributed by atoms with Gasteiger partial charge < -0.3 is 9.30 Å². The first-order valence-corrected chi connectivity index (χ1v) is 12.3. The molecule has 0 atom stereocenters. The number of thioether (sulfide) groups is 1. The van der Waals surface area contributed by atoms with E-state index in [4.69, 9.17) is 4.74 Å². The number of aromatic nitrogens is 3. The molecule has 3 rings (SSSR count). The Morgan fingerprint density at radius 3 is 2.39 bits per heavy atom. The number of Topliss-reactive ketones (excluding diaryl/α,β-unsaturated/α-hetero) is 2. The molecule has 0 saturated heterocycles. The maximum Gasteiger partial charge on any atom is 0.191 e. The van der Waals surface area contributed by atoms with E-state index in [1.807, 2.05) is 66.1 Å². The van der Waals surface area contributed by atoms with Crippen LogP contribution in [-0.2, 0) is 29.0 Å². The highest BCUT2D eigenvalue weighted by Crippen LogP contribution is 2.20. The molecule has 0 radical (unpaired) electrons. The summed E-state index contributed by atoms with van der Waals surface area (Å²) in [6.45, 7) is 7.01. The number of benzene rings is 2. The fourth-order valence-electron chi connectivity index (χ4n) is 3.38. The molecular weight excluding hydrogens is 434 g/mol. The van der Waals surface area contributed by atoms with Crippen molar-refractivity contribution in [3.63, 3.8) is 0 Å². The molecule has 1 heterocycles. The standard InChI is InChI=1S/C26H31N3O3S/c1-4-29-25(15-12-22(30)17-32-24-13-10-21(11-14-24)19(2)3)27-28-26(29)33-18-23(31)16-20-8-6-5-7-9-20/h5-11,13-14,19H,4,12,15-18H2,1-3H3. The Hall–Kier alpha value is -2.93. The number of nitrogens with zero attached hydrogens (tertiary/aromatic N) is 3. The summed E-state index contributed by atoms with van der Waals surface area (Å²) in [4.78, 5) is 24.6. The van der Waals surface area contributed by atoms with Gasteiger partial charge in [0, 0.05) is 25.8 Å². The van der Waals surface area contributed by atoms with E-state index in [9.17, 15) is 9.59 Å². The zero-order valence-electron chi connectivity index (χ0n) is 19.5. The van der Waals surface area contributed by atoms with Crippen molar-refractivity contribution in [2.75, 3.05) is 12.4 Å².